The van der Waals surface area contributed by atoms with Crippen molar-refractivity contribution in [3.63, 3.8) is 0 Å². The van der Waals surface area contributed by atoms with Crippen LogP contribution in [0.1, 0.15) is 26.2 Å². The molecule has 4 atom stereocenters. The number of hydrogen-bond acceptors (Lipinski definition) is 1. The van der Waals surface area contributed by atoms with Crippen LogP contribution in [0.15, 0.2) is 0 Å². The Bertz CT molecular complexity index is 188. The van der Waals surface area contributed by atoms with E-state index in [2.05, 4.69) is 6.92 Å². The number of carbonyl (C=O) groups is 1. The Morgan fingerprint density at radius 2 is 2.09 bits per heavy atom. The number of aliphatic carboxylic acids is 1. The van der Waals surface area contributed by atoms with E-state index in [4.69, 9.17) is 5.11 Å². The lowest BCUT2D eigenvalue weighted by Gasteiger charge is -2.22. The van der Waals surface area contributed by atoms with Gasteiger partial charge >= 0.3 is 5.97 Å². The molecule has 0 aromatic rings. The smallest absolute Gasteiger partial charge is 0.306 e. The maximum atomic E-state index is 10.7. The average Bonchev–Trinajstić information content (AvgIpc) is 2.63. The third-order valence-electron chi connectivity index (χ3n) is 3.17. The molecule has 0 spiro atoms. The maximum absolute atomic E-state index is 10.7. The van der Waals surface area contributed by atoms with Crippen molar-refractivity contribution in [2.45, 2.75) is 26.2 Å². The van der Waals surface area contributed by atoms with E-state index in [0.717, 1.165) is 12.3 Å². The van der Waals surface area contributed by atoms with Crippen molar-refractivity contribution in [2.24, 2.45) is 23.7 Å². The summed E-state index contributed by atoms with van der Waals surface area (Å²) < 4.78 is 0. The van der Waals surface area contributed by atoms with Crippen LogP contribution in [-0.2, 0) is 4.79 Å². The molecule has 2 fully saturated rings. The fourth-order valence-corrected chi connectivity index (χ4v) is 2.54. The van der Waals surface area contributed by atoms with Gasteiger partial charge < -0.3 is 5.11 Å². The molecule has 2 nitrogen and oxygen atoms in total. The van der Waals surface area contributed by atoms with Crippen molar-refractivity contribution in [3.8, 4) is 0 Å². The summed E-state index contributed by atoms with van der Waals surface area (Å²) in [6.45, 7) is 2.17. The van der Waals surface area contributed by atoms with Gasteiger partial charge in [0.25, 0.3) is 0 Å². The van der Waals surface area contributed by atoms with Crippen molar-refractivity contribution in [1.82, 2.24) is 0 Å². The molecule has 0 aromatic carbocycles. The van der Waals surface area contributed by atoms with Crippen LogP contribution in [0.25, 0.3) is 0 Å². The van der Waals surface area contributed by atoms with Crippen LogP contribution in [0, 0.1) is 23.7 Å². The predicted octanol–water partition coefficient (Wildman–Crippen LogP) is 1.75. The van der Waals surface area contributed by atoms with E-state index >= 15 is 0 Å². The molecule has 0 amide bonds. The summed E-state index contributed by atoms with van der Waals surface area (Å²) in [5, 5.41) is 8.85. The molecule has 4 unspecified atom stereocenters. The number of rotatable bonds is 1. The van der Waals surface area contributed by atoms with Crippen LogP contribution in [0.3, 0.4) is 0 Å². The Labute approximate surface area is 66.6 Å². The first-order valence-corrected chi connectivity index (χ1v) is 4.41. The molecule has 0 saturated heterocycles. The van der Waals surface area contributed by atoms with Crippen LogP contribution >= 0.6 is 0 Å². The summed E-state index contributed by atoms with van der Waals surface area (Å²) in [6.07, 6.45) is 3.37. The largest absolute Gasteiger partial charge is 0.481 e. The van der Waals surface area contributed by atoms with E-state index in [0.29, 0.717) is 11.8 Å². The Morgan fingerprint density at radius 3 is 2.73 bits per heavy atom. The first-order chi connectivity index (χ1) is 5.18. The summed E-state index contributed by atoms with van der Waals surface area (Å²) in [6, 6.07) is 0. The van der Waals surface area contributed by atoms with E-state index < -0.39 is 5.97 Å². The number of carboxylic acid groups (broad SMARTS) is 1. The lowest BCUT2D eigenvalue weighted by atomic mass is 9.82. The predicted molar refractivity (Wildman–Crippen MR) is 41.1 cm³/mol. The fourth-order valence-electron chi connectivity index (χ4n) is 2.54. The zero-order valence-electron chi connectivity index (χ0n) is 6.79. The average molecular weight is 154 g/mol. The molecule has 0 aliphatic heterocycles. The normalized spacial score (nSPS) is 48.1. The van der Waals surface area contributed by atoms with Crippen molar-refractivity contribution >= 4 is 5.97 Å². The minimum absolute atomic E-state index is 0.0104. The van der Waals surface area contributed by atoms with Crippen LogP contribution in [0.4, 0.5) is 0 Å². The fraction of sp³-hybridized carbons (Fsp3) is 0.889. The van der Waals surface area contributed by atoms with Gasteiger partial charge in [-0.3, -0.25) is 4.79 Å². The zero-order chi connectivity index (χ0) is 8.01. The second-order valence-electron chi connectivity index (χ2n) is 4.18. The monoisotopic (exact) mass is 154 g/mol. The molecular formula is C9H14O2. The lowest BCUT2D eigenvalue weighted by Crippen LogP contribution is -2.23. The van der Waals surface area contributed by atoms with Gasteiger partial charge in [-0.2, -0.15) is 0 Å². The molecule has 2 aliphatic carbocycles. The SMILES string of the molecule is CC1CC2CC2C(C(=O)O)C1. The summed E-state index contributed by atoms with van der Waals surface area (Å²) in [7, 11) is 0. The summed E-state index contributed by atoms with van der Waals surface area (Å²) in [5.74, 6) is 1.37. The second kappa shape index (κ2) is 2.23. The highest BCUT2D eigenvalue weighted by Crippen LogP contribution is 2.54. The van der Waals surface area contributed by atoms with Gasteiger partial charge in [-0.05, 0) is 37.0 Å². The van der Waals surface area contributed by atoms with Crippen molar-refractivity contribution < 1.29 is 9.90 Å². The third kappa shape index (κ3) is 1.15. The molecule has 0 heterocycles. The molecule has 1 N–H and O–H groups in total. The van der Waals surface area contributed by atoms with E-state index in [-0.39, 0.29) is 5.92 Å². The minimum Gasteiger partial charge on any atom is -0.481 e. The number of carboxylic acids is 1. The van der Waals surface area contributed by atoms with Gasteiger partial charge in [0, 0.05) is 0 Å². The van der Waals surface area contributed by atoms with Gasteiger partial charge in [0.1, 0.15) is 0 Å². The Morgan fingerprint density at radius 1 is 1.36 bits per heavy atom. The van der Waals surface area contributed by atoms with Crippen LogP contribution < -0.4 is 0 Å². The third-order valence-corrected chi connectivity index (χ3v) is 3.17. The molecule has 2 rings (SSSR count). The van der Waals surface area contributed by atoms with Crippen LogP contribution in [0.2, 0.25) is 0 Å². The molecule has 11 heavy (non-hydrogen) atoms. The Balaban J connectivity index is 2.04. The quantitative estimate of drug-likeness (QED) is 0.624. The van der Waals surface area contributed by atoms with Gasteiger partial charge in [-0.25, -0.2) is 0 Å². The van der Waals surface area contributed by atoms with Gasteiger partial charge in [0.2, 0.25) is 0 Å². The Kier molecular flexibility index (Phi) is 1.44. The van der Waals surface area contributed by atoms with Crippen LogP contribution in [0.5, 0.6) is 0 Å². The summed E-state index contributed by atoms with van der Waals surface area (Å²) in [5.41, 5.74) is 0. The van der Waals surface area contributed by atoms with Crippen LogP contribution in [-0.4, -0.2) is 11.1 Å². The first kappa shape index (κ1) is 7.14. The molecule has 0 aromatic heterocycles. The lowest BCUT2D eigenvalue weighted by molar-refractivity contribution is -0.143. The molecule has 2 saturated carbocycles. The van der Waals surface area contributed by atoms with E-state index in [1.54, 1.807) is 0 Å². The van der Waals surface area contributed by atoms with Crippen molar-refractivity contribution in [1.29, 1.82) is 0 Å². The molecule has 2 aliphatic rings. The first-order valence-electron chi connectivity index (χ1n) is 4.41. The standard InChI is InChI=1S/C9H14O2/c1-5-2-6-4-7(6)8(3-5)9(10)11/h5-8H,2-4H2,1H3,(H,10,11). The molecule has 62 valence electrons. The number of fused-ring (bicyclic) bond motifs is 1. The van der Waals surface area contributed by atoms with Crippen molar-refractivity contribution in [3.05, 3.63) is 0 Å². The molecule has 2 heteroatoms. The molecule has 0 radical (unpaired) electrons. The summed E-state index contributed by atoms with van der Waals surface area (Å²) >= 11 is 0. The summed E-state index contributed by atoms with van der Waals surface area (Å²) in [4.78, 5) is 10.7. The van der Waals surface area contributed by atoms with Crippen molar-refractivity contribution in [2.75, 3.05) is 0 Å². The maximum Gasteiger partial charge on any atom is 0.306 e. The highest BCUT2D eigenvalue weighted by Gasteiger charge is 2.49. The minimum atomic E-state index is -0.566. The highest BCUT2D eigenvalue weighted by atomic mass is 16.4. The topological polar surface area (TPSA) is 37.3 Å². The van der Waals surface area contributed by atoms with Gasteiger partial charge in [-0.15, -0.1) is 0 Å². The van der Waals surface area contributed by atoms with E-state index in [1.165, 1.54) is 12.8 Å². The van der Waals surface area contributed by atoms with Gasteiger partial charge in [0.05, 0.1) is 5.92 Å². The van der Waals surface area contributed by atoms with Gasteiger partial charge in [-0.1, -0.05) is 6.92 Å². The van der Waals surface area contributed by atoms with Gasteiger partial charge in [0.15, 0.2) is 0 Å². The van der Waals surface area contributed by atoms with E-state index in [1.807, 2.05) is 0 Å². The van der Waals surface area contributed by atoms with E-state index in [9.17, 15) is 4.79 Å². The Hall–Kier alpha value is -0.530. The zero-order valence-corrected chi connectivity index (χ0v) is 6.79. The second-order valence-corrected chi connectivity index (χ2v) is 4.18. The molecule has 0 bridgehead atoms. The highest BCUT2D eigenvalue weighted by molar-refractivity contribution is 5.71. The number of hydrogen-bond donors (Lipinski definition) is 1. The molecular weight excluding hydrogens is 140 g/mol.